The van der Waals surface area contributed by atoms with Crippen LogP contribution in [0.25, 0.3) is 22.2 Å². The van der Waals surface area contributed by atoms with Gasteiger partial charge < -0.3 is 30.1 Å². The van der Waals surface area contributed by atoms with Gasteiger partial charge in [0.25, 0.3) is 15.9 Å². The Hall–Kier alpha value is -7.19. The number of methoxy groups -OCH3 is 1. The number of pyridine rings is 1. The number of amides is 5. The van der Waals surface area contributed by atoms with Crippen molar-refractivity contribution in [3.8, 4) is 35.1 Å². The first kappa shape index (κ1) is 45.3. The van der Waals surface area contributed by atoms with Crippen molar-refractivity contribution in [2.24, 2.45) is 5.92 Å². The summed E-state index contributed by atoms with van der Waals surface area (Å²) in [7, 11) is -2.91. The van der Waals surface area contributed by atoms with Gasteiger partial charge in [0, 0.05) is 53.1 Å². The van der Waals surface area contributed by atoms with E-state index in [2.05, 4.69) is 34.4 Å². The van der Waals surface area contributed by atoms with Crippen LogP contribution in [0.2, 0.25) is 0 Å². The molecule has 1 aliphatic carbocycles. The molecule has 328 valence electrons. The second-order valence-corrected chi connectivity index (χ2v) is 17.8. The minimum absolute atomic E-state index is 0.0119. The first-order valence-corrected chi connectivity index (χ1v) is 21.4. The van der Waals surface area contributed by atoms with E-state index in [4.69, 9.17) is 20.9 Å². The topological polar surface area (TPSA) is 214 Å². The highest BCUT2D eigenvalue weighted by Gasteiger charge is 2.61. The van der Waals surface area contributed by atoms with Crippen molar-refractivity contribution in [1.82, 2.24) is 30.1 Å². The maximum atomic E-state index is 14.9. The number of rotatable bonds is 15. The molecule has 0 unspecified atom stereocenters. The third-order valence-electron chi connectivity index (χ3n) is 11.0. The Balaban J connectivity index is 1.38. The molecule has 2 fully saturated rings. The number of carbonyl (C=O) groups excluding carboxylic acids is 4. The number of likely N-dealkylation sites (tertiary alicyclic amines) is 1. The molecule has 1 aromatic heterocycles. The van der Waals surface area contributed by atoms with Crippen LogP contribution in [0, 0.1) is 18.3 Å². The number of fused-ring (bicyclic) bond motifs is 1. The molecule has 2 heterocycles. The summed E-state index contributed by atoms with van der Waals surface area (Å²) in [4.78, 5) is 75.4. The molecule has 63 heavy (non-hydrogen) atoms. The zero-order valence-corrected chi connectivity index (χ0v) is 36.0. The molecule has 16 nitrogen and oxygen atoms in total. The first-order chi connectivity index (χ1) is 29.8. The fourth-order valence-corrected chi connectivity index (χ4v) is 8.73. The Labute approximate surface area is 365 Å². The molecular formula is C46H48N6O10S. The Morgan fingerprint density at radius 3 is 2.35 bits per heavy atom. The lowest BCUT2D eigenvalue weighted by molar-refractivity contribution is -0.144. The minimum atomic E-state index is -4.44. The summed E-state index contributed by atoms with van der Waals surface area (Å²) in [5, 5.41) is 16.3. The summed E-state index contributed by atoms with van der Waals surface area (Å²) in [5.41, 5.74) is -0.660. The van der Waals surface area contributed by atoms with Crippen molar-refractivity contribution in [3.05, 3.63) is 110 Å². The monoisotopic (exact) mass is 876 g/mol. The molecular weight excluding hydrogens is 829 g/mol. The van der Waals surface area contributed by atoms with E-state index in [1.807, 2.05) is 30.3 Å². The highest BCUT2D eigenvalue weighted by atomic mass is 32.2. The summed E-state index contributed by atoms with van der Waals surface area (Å²) in [6.45, 7) is 11.2. The van der Waals surface area contributed by atoms with Gasteiger partial charge in [-0.2, -0.15) is 0 Å². The zero-order chi connectivity index (χ0) is 45.9. The molecule has 4 N–H and O–H groups in total. The van der Waals surface area contributed by atoms with Crippen LogP contribution in [0.3, 0.4) is 0 Å². The maximum Gasteiger partial charge on any atom is 0.408 e. The predicted molar refractivity (Wildman–Crippen MR) is 234 cm³/mol. The van der Waals surface area contributed by atoms with Gasteiger partial charge in [0.05, 0.1) is 29.8 Å². The van der Waals surface area contributed by atoms with Gasteiger partial charge in [-0.3, -0.25) is 24.1 Å². The molecule has 17 heteroatoms. The van der Waals surface area contributed by atoms with Crippen molar-refractivity contribution in [2.45, 2.75) is 67.8 Å². The van der Waals surface area contributed by atoms with Crippen LogP contribution in [0.4, 0.5) is 4.79 Å². The fourth-order valence-electron chi connectivity index (χ4n) is 7.69. The van der Waals surface area contributed by atoms with E-state index in [9.17, 15) is 37.5 Å². The van der Waals surface area contributed by atoms with E-state index < -0.39 is 81.5 Å². The van der Waals surface area contributed by atoms with Gasteiger partial charge in [0.1, 0.15) is 35.2 Å². The largest absolute Gasteiger partial charge is 0.497 e. The predicted octanol–water partition coefficient (Wildman–Crippen LogP) is 4.26. The van der Waals surface area contributed by atoms with E-state index in [1.165, 1.54) is 37.5 Å². The number of sulfonamides is 1. The van der Waals surface area contributed by atoms with Crippen LogP contribution in [0.5, 0.6) is 11.5 Å². The normalized spacial score (nSPS) is 19.7. The third-order valence-corrected chi connectivity index (χ3v) is 12.3. The van der Waals surface area contributed by atoms with Gasteiger partial charge in [-0.15, -0.1) is 13.0 Å². The highest BCUT2D eigenvalue weighted by molar-refractivity contribution is 7.90. The number of hydrogen-bond acceptors (Lipinski definition) is 10. The Morgan fingerprint density at radius 1 is 1.06 bits per heavy atom. The average molecular weight is 877 g/mol. The fraction of sp³-hybridized carbons (Fsp3) is 0.304. The number of hydrogen-bond donors (Lipinski definition) is 4. The Bertz CT molecular complexity index is 2620. The van der Waals surface area contributed by atoms with Crippen molar-refractivity contribution >= 4 is 50.6 Å². The number of nitrogens with zero attached hydrogens (tertiary/aromatic N) is 3. The van der Waals surface area contributed by atoms with Crippen LogP contribution in [0.1, 0.15) is 39.2 Å². The summed E-state index contributed by atoms with van der Waals surface area (Å²) >= 11 is 0. The van der Waals surface area contributed by atoms with Crippen LogP contribution in [-0.2, 0) is 29.2 Å². The lowest BCUT2D eigenvalue weighted by atomic mass is 10.0. The molecule has 0 spiro atoms. The highest BCUT2D eigenvalue weighted by Crippen LogP contribution is 2.45. The van der Waals surface area contributed by atoms with Gasteiger partial charge in [-0.25, -0.2) is 22.9 Å². The van der Waals surface area contributed by atoms with Gasteiger partial charge in [0.2, 0.25) is 17.7 Å². The SMILES string of the molecule is C#Cc1ccc(S(=O)(=O)NC(=O)[C@@]2(NC(=O)[C@@H]3C[C@@H](Oc4cc(-c5ccccc5)nc5cc(OC)ccc45)CN3C(=O)[C@H](CNC(=O)C=C)N(C(=O)O)C(C)(C)C)C[C@H]2C=C)cc1. The second kappa shape index (κ2) is 18.0. The second-order valence-electron chi connectivity index (χ2n) is 16.1. The quantitative estimate of drug-likeness (QED) is 0.0753. The molecule has 1 saturated heterocycles. The van der Waals surface area contributed by atoms with Crippen LogP contribution in [0.15, 0.2) is 109 Å². The van der Waals surface area contributed by atoms with E-state index in [1.54, 1.807) is 45.0 Å². The summed E-state index contributed by atoms with van der Waals surface area (Å²) < 4.78 is 40.9. The third kappa shape index (κ3) is 9.66. The van der Waals surface area contributed by atoms with E-state index in [0.717, 1.165) is 21.4 Å². The standard InChI is InChI=1S/C46H48N6O10S/c1-8-28-16-19-33(20-17-28)63(59,60)50-43(56)46(25-30(46)9-2)49-41(54)37-23-32(27-51(37)42(55)38(26-47-40(53)10-3)52(44(57)58)45(4,5)6)62-39-24-35(29-14-12-11-13-15-29)48-36-22-31(61-7)18-21-34(36)39/h1,9-22,24,30,32,37-38H,2-3,23,25-27H2,4-7H3,(H,47,53)(H,49,54)(H,50,56)(H,57,58)/t30-,32-,37+,38+,46-/m1/s1. The molecule has 0 bridgehead atoms. The van der Waals surface area contributed by atoms with Crippen LogP contribution < -0.4 is 24.8 Å². The smallest absolute Gasteiger partial charge is 0.408 e. The first-order valence-electron chi connectivity index (χ1n) is 19.9. The Kier molecular flexibility index (Phi) is 13.0. The number of aromatic nitrogens is 1. The van der Waals surface area contributed by atoms with Crippen molar-refractivity contribution < 1.29 is 47.0 Å². The summed E-state index contributed by atoms with van der Waals surface area (Å²) in [6.07, 6.45) is 5.27. The van der Waals surface area contributed by atoms with Crippen LogP contribution in [-0.4, -0.2) is 107 Å². The molecule has 1 aliphatic heterocycles. The van der Waals surface area contributed by atoms with Crippen molar-refractivity contribution in [1.29, 1.82) is 0 Å². The average Bonchev–Trinajstić information content (AvgIpc) is 3.82. The molecule has 6 rings (SSSR count). The molecule has 4 aromatic rings. The number of ether oxygens (including phenoxy) is 2. The molecule has 5 atom stereocenters. The van der Waals surface area contributed by atoms with E-state index >= 15 is 0 Å². The maximum absolute atomic E-state index is 14.9. The molecule has 3 aromatic carbocycles. The number of carbonyl (C=O) groups is 5. The zero-order valence-electron chi connectivity index (χ0n) is 35.2. The molecule has 2 aliphatic rings. The molecule has 0 radical (unpaired) electrons. The van der Waals surface area contributed by atoms with E-state index in [0.29, 0.717) is 33.7 Å². The van der Waals surface area contributed by atoms with Crippen molar-refractivity contribution in [3.63, 3.8) is 0 Å². The van der Waals surface area contributed by atoms with Gasteiger partial charge >= 0.3 is 6.09 Å². The summed E-state index contributed by atoms with van der Waals surface area (Å²) in [5.74, 6) is -0.783. The van der Waals surface area contributed by atoms with Gasteiger partial charge in [-0.1, -0.05) is 48.9 Å². The molecule has 1 saturated carbocycles. The van der Waals surface area contributed by atoms with Gasteiger partial charge in [0.15, 0.2) is 0 Å². The number of carboxylic acid groups (broad SMARTS) is 1. The minimum Gasteiger partial charge on any atom is -0.497 e. The van der Waals surface area contributed by atoms with E-state index in [-0.39, 0.29) is 24.3 Å². The van der Waals surface area contributed by atoms with Crippen molar-refractivity contribution in [2.75, 3.05) is 20.2 Å². The molecule has 5 amide bonds. The lowest BCUT2D eigenvalue weighted by Gasteiger charge is -2.40. The summed E-state index contributed by atoms with van der Waals surface area (Å²) in [6, 6.07) is 18.7. The van der Waals surface area contributed by atoms with Gasteiger partial charge in [-0.05, 0) is 69.7 Å². The number of benzene rings is 3. The Morgan fingerprint density at radius 2 is 1.76 bits per heavy atom. The number of terminal acetylenes is 1. The number of nitrogens with one attached hydrogen (secondary N) is 3. The van der Waals surface area contributed by atoms with Crippen LogP contribution >= 0.6 is 0 Å². The lowest BCUT2D eigenvalue weighted by Crippen LogP contribution is -2.63.